The summed E-state index contributed by atoms with van der Waals surface area (Å²) in [6, 6.07) is 9.04. The highest BCUT2D eigenvalue weighted by molar-refractivity contribution is 5.81. The molecule has 2 atom stereocenters. The van der Waals surface area contributed by atoms with Crippen molar-refractivity contribution in [1.82, 2.24) is 0 Å². The fourth-order valence-electron chi connectivity index (χ4n) is 3.60. The molecule has 1 fully saturated rings. The lowest BCUT2D eigenvalue weighted by Crippen LogP contribution is -1.97. The molecule has 1 unspecified atom stereocenters. The second-order valence-corrected chi connectivity index (χ2v) is 7.90. The van der Waals surface area contributed by atoms with Gasteiger partial charge in [0.25, 0.3) is 0 Å². The number of rotatable bonds is 10. The van der Waals surface area contributed by atoms with Gasteiger partial charge in [-0.1, -0.05) is 69.5 Å². The van der Waals surface area contributed by atoms with E-state index in [1.54, 1.807) is 0 Å². The standard InChI is InChI=1S/C18H26O.C7H12O2/c1-3-4-5-6-14(2)15-7-9-16(10-8-15)17-11-12-18(19)13-17;1-2-3-4-5-6-7(8)9/h7-10,14,17H,3-6,11-13H2,1-2H3;2-3H,4-6H2,1H3,(H,8,9)/b;3-2-/t14?,17-;/m0./s1. The lowest BCUT2D eigenvalue weighted by Gasteiger charge is -2.14. The zero-order valence-electron chi connectivity index (χ0n) is 18.0. The third kappa shape index (κ3) is 9.87. The van der Waals surface area contributed by atoms with Gasteiger partial charge in [-0.25, -0.2) is 0 Å². The number of carbonyl (C=O) groups excluding carboxylic acids is 1. The van der Waals surface area contributed by atoms with Gasteiger partial charge in [-0.15, -0.1) is 0 Å². The Labute approximate surface area is 171 Å². The number of hydrogen-bond donors (Lipinski definition) is 1. The number of allylic oxidation sites excluding steroid dienone is 2. The molecule has 2 rings (SSSR count). The molecule has 1 aliphatic rings. The molecule has 1 saturated carbocycles. The van der Waals surface area contributed by atoms with Crippen molar-refractivity contribution in [2.24, 2.45) is 0 Å². The lowest BCUT2D eigenvalue weighted by molar-refractivity contribution is -0.137. The van der Waals surface area contributed by atoms with Gasteiger partial charge in [-0.2, -0.15) is 0 Å². The molecule has 0 aromatic heterocycles. The molecular formula is C25H38O3. The largest absolute Gasteiger partial charge is 0.481 e. The van der Waals surface area contributed by atoms with Gasteiger partial charge in [-0.05, 0) is 55.6 Å². The number of Topliss-reactive ketones (excluding diaryl/α,β-unsaturated/α-hetero) is 1. The maximum absolute atomic E-state index is 11.3. The molecule has 0 heterocycles. The fourth-order valence-corrected chi connectivity index (χ4v) is 3.60. The van der Waals surface area contributed by atoms with E-state index in [4.69, 9.17) is 5.11 Å². The molecule has 3 heteroatoms. The summed E-state index contributed by atoms with van der Waals surface area (Å²) in [4.78, 5) is 21.3. The Morgan fingerprint density at radius 1 is 1.21 bits per heavy atom. The Morgan fingerprint density at radius 3 is 2.46 bits per heavy atom. The van der Waals surface area contributed by atoms with E-state index in [0.29, 0.717) is 17.6 Å². The van der Waals surface area contributed by atoms with Crippen molar-refractivity contribution in [3.8, 4) is 0 Å². The molecule has 1 aromatic rings. The molecule has 0 saturated heterocycles. The van der Waals surface area contributed by atoms with Gasteiger partial charge in [0.15, 0.2) is 0 Å². The van der Waals surface area contributed by atoms with Crippen LogP contribution in [-0.2, 0) is 9.59 Å². The van der Waals surface area contributed by atoms with Crippen LogP contribution in [0.3, 0.4) is 0 Å². The number of carboxylic acid groups (broad SMARTS) is 1. The highest BCUT2D eigenvalue weighted by Gasteiger charge is 2.23. The minimum Gasteiger partial charge on any atom is -0.481 e. The van der Waals surface area contributed by atoms with E-state index in [0.717, 1.165) is 32.1 Å². The molecule has 28 heavy (non-hydrogen) atoms. The predicted molar refractivity (Wildman–Crippen MR) is 117 cm³/mol. The highest BCUT2D eigenvalue weighted by atomic mass is 16.4. The van der Waals surface area contributed by atoms with Crippen LogP contribution in [-0.4, -0.2) is 16.9 Å². The van der Waals surface area contributed by atoms with Crippen LogP contribution >= 0.6 is 0 Å². The van der Waals surface area contributed by atoms with E-state index in [-0.39, 0.29) is 6.42 Å². The average molecular weight is 387 g/mol. The van der Waals surface area contributed by atoms with Crippen LogP contribution in [0.2, 0.25) is 0 Å². The van der Waals surface area contributed by atoms with Crippen molar-refractivity contribution in [3.05, 3.63) is 47.5 Å². The second-order valence-electron chi connectivity index (χ2n) is 7.90. The van der Waals surface area contributed by atoms with Crippen molar-refractivity contribution in [1.29, 1.82) is 0 Å². The quantitative estimate of drug-likeness (QED) is 0.347. The number of benzene rings is 1. The zero-order valence-corrected chi connectivity index (χ0v) is 18.0. The van der Waals surface area contributed by atoms with Crippen molar-refractivity contribution < 1.29 is 14.7 Å². The maximum atomic E-state index is 11.3. The maximum Gasteiger partial charge on any atom is 0.303 e. The summed E-state index contributed by atoms with van der Waals surface area (Å²) in [6.45, 7) is 6.51. The first-order valence-corrected chi connectivity index (χ1v) is 10.9. The van der Waals surface area contributed by atoms with Gasteiger partial charge in [-0.3, -0.25) is 9.59 Å². The first-order valence-electron chi connectivity index (χ1n) is 10.9. The number of unbranched alkanes of at least 4 members (excludes halogenated alkanes) is 3. The Bertz CT molecular complexity index is 601. The smallest absolute Gasteiger partial charge is 0.303 e. The van der Waals surface area contributed by atoms with Crippen LogP contribution in [0.1, 0.15) is 108 Å². The van der Waals surface area contributed by atoms with Gasteiger partial charge in [0.05, 0.1) is 0 Å². The molecule has 156 valence electrons. The molecule has 1 N–H and O–H groups in total. The minimum absolute atomic E-state index is 0.282. The molecule has 0 bridgehead atoms. The average Bonchev–Trinajstić information content (AvgIpc) is 3.12. The van der Waals surface area contributed by atoms with Crippen LogP contribution in [0.25, 0.3) is 0 Å². The Morgan fingerprint density at radius 2 is 1.93 bits per heavy atom. The topological polar surface area (TPSA) is 54.4 Å². The third-order valence-electron chi connectivity index (χ3n) is 5.46. The zero-order chi connectivity index (χ0) is 20.8. The SMILES string of the molecule is C/C=C\CCCC(=O)O.CCCCCC(C)c1ccc([C@H]2CCC(=O)C2)cc1. The van der Waals surface area contributed by atoms with Crippen LogP contribution in [0, 0.1) is 0 Å². The minimum atomic E-state index is -0.709. The van der Waals surface area contributed by atoms with Crippen molar-refractivity contribution in [2.75, 3.05) is 0 Å². The van der Waals surface area contributed by atoms with Crippen LogP contribution in [0.4, 0.5) is 0 Å². The van der Waals surface area contributed by atoms with Crippen LogP contribution in [0.5, 0.6) is 0 Å². The van der Waals surface area contributed by atoms with Crippen molar-refractivity contribution in [3.63, 3.8) is 0 Å². The normalized spacial score (nSPS) is 17.4. The molecule has 1 aliphatic carbocycles. The van der Waals surface area contributed by atoms with Crippen LogP contribution < -0.4 is 0 Å². The second kappa shape index (κ2) is 14.1. The molecule has 0 radical (unpaired) electrons. The Hall–Kier alpha value is -1.90. The van der Waals surface area contributed by atoms with Crippen LogP contribution in [0.15, 0.2) is 36.4 Å². The summed E-state index contributed by atoms with van der Waals surface area (Å²) in [7, 11) is 0. The third-order valence-corrected chi connectivity index (χ3v) is 5.46. The fraction of sp³-hybridized carbons (Fsp3) is 0.600. The summed E-state index contributed by atoms with van der Waals surface area (Å²) in [5.74, 6) is 0.865. The first kappa shape index (κ1) is 24.1. The number of carbonyl (C=O) groups is 2. The predicted octanol–water partition coefficient (Wildman–Crippen LogP) is 7.02. The number of carboxylic acids is 1. The molecule has 3 nitrogen and oxygen atoms in total. The molecule has 0 aliphatic heterocycles. The summed E-state index contributed by atoms with van der Waals surface area (Å²) >= 11 is 0. The van der Waals surface area contributed by atoms with Gasteiger partial charge >= 0.3 is 5.97 Å². The lowest BCUT2D eigenvalue weighted by atomic mass is 9.91. The molecular weight excluding hydrogens is 348 g/mol. The Kier molecular flexibility index (Phi) is 12.2. The summed E-state index contributed by atoms with van der Waals surface area (Å²) in [5, 5.41) is 8.19. The van der Waals surface area contributed by atoms with Gasteiger partial charge in [0.1, 0.15) is 5.78 Å². The van der Waals surface area contributed by atoms with E-state index in [2.05, 4.69) is 38.1 Å². The summed E-state index contributed by atoms with van der Waals surface area (Å²) < 4.78 is 0. The van der Waals surface area contributed by atoms with Gasteiger partial charge < -0.3 is 5.11 Å². The van der Waals surface area contributed by atoms with E-state index in [9.17, 15) is 9.59 Å². The summed E-state index contributed by atoms with van der Waals surface area (Å²) in [6.07, 6.45) is 13.6. The summed E-state index contributed by atoms with van der Waals surface area (Å²) in [5.41, 5.74) is 2.81. The van der Waals surface area contributed by atoms with Crippen molar-refractivity contribution in [2.45, 2.75) is 96.8 Å². The van der Waals surface area contributed by atoms with E-state index in [1.165, 1.54) is 36.8 Å². The first-order chi connectivity index (χ1) is 13.5. The molecule has 0 spiro atoms. The number of aliphatic carboxylic acids is 1. The van der Waals surface area contributed by atoms with Gasteiger partial charge in [0, 0.05) is 19.3 Å². The monoisotopic (exact) mass is 386 g/mol. The molecule has 1 aromatic carbocycles. The number of ketones is 1. The van der Waals surface area contributed by atoms with E-state index >= 15 is 0 Å². The van der Waals surface area contributed by atoms with Gasteiger partial charge in [0.2, 0.25) is 0 Å². The number of hydrogen-bond acceptors (Lipinski definition) is 2. The van der Waals surface area contributed by atoms with E-state index < -0.39 is 5.97 Å². The highest BCUT2D eigenvalue weighted by Crippen LogP contribution is 2.33. The van der Waals surface area contributed by atoms with Crippen molar-refractivity contribution >= 4 is 11.8 Å². The molecule has 0 amide bonds. The van der Waals surface area contributed by atoms with E-state index in [1.807, 2.05) is 19.1 Å². The Balaban J connectivity index is 0.000000370.